The van der Waals surface area contributed by atoms with E-state index in [0.29, 0.717) is 20.7 Å². The summed E-state index contributed by atoms with van der Waals surface area (Å²) in [4.78, 5) is 14.6. The number of carbonyl (C=O) groups is 1. The van der Waals surface area contributed by atoms with E-state index in [2.05, 4.69) is 0 Å². The Hall–Kier alpha value is -2.18. The predicted octanol–water partition coefficient (Wildman–Crippen LogP) is 4.24. The van der Waals surface area contributed by atoms with E-state index in [1.165, 1.54) is 28.8 Å². The van der Waals surface area contributed by atoms with Crippen molar-refractivity contribution < 1.29 is 13.9 Å². The van der Waals surface area contributed by atoms with Crippen molar-refractivity contribution in [3.8, 4) is 5.75 Å². The average molecular weight is 345 g/mol. The van der Waals surface area contributed by atoms with Crippen LogP contribution < -0.4 is 9.64 Å². The molecule has 2 aromatic rings. The summed E-state index contributed by atoms with van der Waals surface area (Å²) in [5, 5.41) is 0. The zero-order chi connectivity index (χ0) is 16.4. The molecule has 1 fully saturated rings. The summed E-state index contributed by atoms with van der Waals surface area (Å²) in [5.74, 6) is 0.0457. The minimum atomic E-state index is -0.316. The fourth-order valence-electron chi connectivity index (χ4n) is 2.20. The molecule has 1 aliphatic heterocycles. The van der Waals surface area contributed by atoms with Crippen molar-refractivity contribution in [1.82, 2.24) is 0 Å². The third-order valence-electron chi connectivity index (χ3n) is 3.29. The van der Waals surface area contributed by atoms with Crippen LogP contribution in [0.3, 0.4) is 0 Å². The summed E-state index contributed by atoms with van der Waals surface area (Å²) in [7, 11) is 1.55. The SMILES string of the molecule is COc1ccccc1N1C(=O)/C(=C/c2ccc(F)cc2)SC1=S. The van der Waals surface area contributed by atoms with Gasteiger partial charge in [-0.15, -0.1) is 0 Å². The number of thiocarbonyl (C=S) groups is 1. The molecule has 0 saturated carbocycles. The molecule has 1 aliphatic rings. The summed E-state index contributed by atoms with van der Waals surface area (Å²) < 4.78 is 18.7. The molecule has 1 saturated heterocycles. The summed E-state index contributed by atoms with van der Waals surface area (Å²) >= 11 is 6.55. The van der Waals surface area contributed by atoms with Gasteiger partial charge in [-0.05, 0) is 35.9 Å². The first-order valence-electron chi connectivity index (χ1n) is 6.76. The molecule has 0 spiro atoms. The van der Waals surface area contributed by atoms with Crippen molar-refractivity contribution in [2.24, 2.45) is 0 Å². The van der Waals surface area contributed by atoms with Gasteiger partial charge in [-0.25, -0.2) is 4.39 Å². The molecule has 3 nitrogen and oxygen atoms in total. The molecule has 23 heavy (non-hydrogen) atoms. The second-order valence-corrected chi connectivity index (χ2v) is 6.42. The van der Waals surface area contributed by atoms with Gasteiger partial charge in [-0.1, -0.05) is 48.2 Å². The molecule has 2 aromatic carbocycles. The number of rotatable bonds is 3. The molecule has 6 heteroatoms. The van der Waals surface area contributed by atoms with E-state index in [-0.39, 0.29) is 11.7 Å². The van der Waals surface area contributed by atoms with Crippen molar-refractivity contribution >= 4 is 46.0 Å². The molecule has 0 aromatic heterocycles. The van der Waals surface area contributed by atoms with E-state index in [1.807, 2.05) is 12.1 Å². The summed E-state index contributed by atoms with van der Waals surface area (Å²) in [6.45, 7) is 0. The van der Waals surface area contributed by atoms with Gasteiger partial charge in [0.05, 0.1) is 17.7 Å². The number of ether oxygens (including phenoxy) is 1. The topological polar surface area (TPSA) is 29.5 Å². The molecule has 3 rings (SSSR count). The summed E-state index contributed by atoms with van der Waals surface area (Å²) in [6, 6.07) is 13.1. The maximum atomic E-state index is 13.0. The minimum Gasteiger partial charge on any atom is -0.495 e. The number of anilines is 1. The van der Waals surface area contributed by atoms with Crippen LogP contribution in [0.1, 0.15) is 5.56 Å². The molecule has 0 atom stereocenters. The Kier molecular flexibility index (Phi) is 4.45. The third kappa shape index (κ3) is 3.13. The molecule has 0 bridgehead atoms. The van der Waals surface area contributed by atoms with Gasteiger partial charge in [0.1, 0.15) is 11.6 Å². The van der Waals surface area contributed by atoms with Gasteiger partial charge in [0.25, 0.3) is 5.91 Å². The highest BCUT2D eigenvalue weighted by Crippen LogP contribution is 2.39. The Morgan fingerprint density at radius 3 is 2.57 bits per heavy atom. The lowest BCUT2D eigenvalue weighted by molar-refractivity contribution is -0.113. The maximum Gasteiger partial charge on any atom is 0.270 e. The van der Waals surface area contributed by atoms with Crippen LogP contribution in [0.25, 0.3) is 6.08 Å². The lowest BCUT2D eigenvalue weighted by Gasteiger charge is -2.17. The van der Waals surface area contributed by atoms with E-state index < -0.39 is 0 Å². The molecule has 1 heterocycles. The molecular weight excluding hydrogens is 333 g/mol. The van der Waals surface area contributed by atoms with Gasteiger partial charge in [-0.3, -0.25) is 9.69 Å². The Morgan fingerprint density at radius 2 is 1.87 bits per heavy atom. The van der Waals surface area contributed by atoms with Crippen LogP contribution in [0.2, 0.25) is 0 Å². The van der Waals surface area contributed by atoms with Crippen molar-refractivity contribution in [3.63, 3.8) is 0 Å². The normalized spacial score (nSPS) is 16.3. The first-order chi connectivity index (χ1) is 11.1. The highest BCUT2D eigenvalue weighted by atomic mass is 32.2. The van der Waals surface area contributed by atoms with E-state index in [1.54, 1.807) is 37.5 Å². The zero-order valence-corrected chi connectivity index (χ0v) is 13.8. The number of amides is 1. The van der Waals surface area contributed by atoms with Crippen molar-refractivity contribution in [2.45, 2.75) is 0 Å². The highest BCUT2D eigenvalue weighted by Gasteiger charge is 2.34. The summed E-state index contributed by atoms with van der Waals surface area (Å²) in [6.07, 6.45) is 1.70. The van der Waals surface area contributed by atoms with Gasteiger partial charge in [-0.2, -0.15) is 0 Å². The molecule has 0 unspecified atom stereocenters. The number of hydrogen-bond donors (Lipinski definition) is 0. The van der Waals surface area contributed by atoms with E-state index >= 15 is 0 Å². The lowest BCUT2D eigenvalue weighted by atomic mass is 10.2. The number of nitrogens with zero attached hydrogens (tertiary/aromatic N) is 1. The molecule has 0 radical (unpaired) electrons. The number of para-hydroxylation sites is 2. The highest BCUT2D eigenvalue weighted by molar-refractivity contribution is 8.27. The zero-order valence-electron chi connectivity index (χ0n) is 12.2. The number of halogens is 1. The van der Waals surface area contributed by atoms with E-state index in [4.69, 9.17) is 17.0 Å². The first kappa shape index (κ1) is 15.7. The van der Waals surface area contributed by atoms with E-state index in [0.717, 1.165) is 5.56 Å². The number of methoxy groups -OCH3 is 1. The van der Waals surface area contributed by atoms with Crippen LogP contribution in [0.4, 0.5) is 10.1 Å². The quantitative estimate of drug-likeness (QED) is 0.615. The maximum absolute atomic E-state index is 13.0. The Bertz CT molecular complexity index is 802. The van der Waals surface area contributed by atoms with Gasteiger partial charge >= 0.3 is 0 Å². The molecular formula is C17H12FNO2S2. The summed E-state index contributed by atoms with van der Waals surface area (Å²) in [5.41, 5.74) is 1.35. The van der Waals surface area contributed by atoms with Crippen molar-refractivity contribution in [3.05, 3.63) is 64.8 Å². The predicted molar refractivity (Wildman–Crippen MR) is 95.0 cm³/mol. The van der Waals surface area contributed by atoms with Crippen molar-refractivity contribution in [2.75, 3.05) is 12.0 Å². The Labute approximate surface area is 142 Å². The van der Waals surface area contributed by atoms with Crippen LogP contribution in [0.5, 0.6) is 5.75 Å². The average Bonchev–Trinajstić information content (AvgIpc) is 2.83. The van der Waals surface area contributed by atoms with Gasteiger partial charge < -0.3 is 4.74 Å². The first-order valence-corrected chi connectivity index (χ1v) is 7.99. The largest absolute Gasteiger partial charge is 0.495 e. The fourth-order valence-corrected chi connectivity index (χ4v) is 3.49. The van der Waals surface area contributed by atoms with E-state index in [9.17, 15) is 9.18 Å². The number of carbonyl (C=O) groups excluding carboxylic acids is 1. The third-order valence-corrected chi connectivity index (χ3v) is 4.59. The lowest BCUT2D eigenvalue weighted by Crippen LogP contribution is -2.27. The molecule has 0 N–H and O–H groups in total. The molecule has 1 amide bonds. The monoisotopic (exact) mass is 345 g/mol. The second kappa shape index (κ2) is 6.52. The molecule has 0 aliphatic carbocycles. The van der Waals surface area contributed by atoms with Gasteiger partial charge in [0.2, 0.25) is 0 Å². The minimum absolute atomic E-state index is 0.214. The van der Waals surface area contributed by atoms with Crippen molar-refractivity contribution in [1.29, 1.82) is 0 Å². The van der Waals surface area contributed by atoms with Gasteiger partial charge in [0, 0.05) is 0 Å². The Morgan fingerprint density at radius 1 is 1.17 bits per heavy atom. The second-order valence-electron chi connectivity index (χ2n) is 4.74. The molecule has 116 valence electrons. The number of benzene rings is 2. The standard InChI is InChI=1S/C17H12FNO2S2/c1-21-14-5-3-2-4-13(14)19-16(20)15(23-17(19)22)10-11-6-8-12(18)9-7-11/h2-10H,1H3/b15-10-. The number of hydrogen-bond acceptors (Lipinski definition) is 4. The van der Waals surface area contributed by atoms with Gasteiger partial charge in [0.15, 0.2) is 4.32 Å². The number of thioether (sulfide) groups is 1. The van der Waals surface area contributed by atoms with Crippen LogP contribution in [0, 0.1) is 5.82 Å². The fraction of sp³-hybridized carbons (Fsp3) is 0.0588. The van der Waals surface area contributed by atoms with Crippen LogP contribution in [-0.2, 0) is 4.79 Å². The smallest absolute Gasteiger partial charge is 0.270 e. The van der Waals surface area contributed by atoms with Crippen LogP contribution in [0.15, 0.2) is 53.4 Å². The van der Waals surface area contributed by atoms with Crippen LogP contribution in [-0.4, -0.2) is 17.3 Å². The Balaban J connectivity index is 1.95. The van der Waals surface area contributed by atoms with Crippen LogP contribution >= 0.6 is 24.0 Å².